The predicted molar refractivity (Wildman–Crippen MR) is 54.5 cm³/mol. The van der Waals surface area contributed by atoms with Gasteiger partial charge in [0.05, 0.1) is 5.69 Å². The molecule has 13 heavy (non-hydrogen) atoms. The summed E-state index contributed by atoms with van der Waals surface area (Å²) in [5, 5.41) is 4.55. The average molecular weight is 176 g/mol. The van der Waals surface area contributed by atoms with Crippen LogP contribution in [0.3, 0.4) is 0 Å². The average Bonchev–Trinajstić information content (AvgIpc) is 2.46. The van der Waals surface area contributed by atoms with Crippen molar-refractivity contribution in [2.24, 2.45) is 0 Å². The Bertz CT molecular complexity index is 334. The number of aromatic nitrogens is 2. The first-order valence-corrected chi connectivity index (χ1v) is 5.03. The summed E-state index contributed by atoms with van der Waals surface area (Å²) in [6.45, 7) is 5.42. The van der Waals surface area contributed by atoms with Gasteiger partial charge in [0.1, 0.15) is 0 Å². The summed E-state index contributed by atoms with van der Waals surface area (Å²) in [4.78, 5) is 0. The molecule has 1 aliphatic carbocycles. The van der Waals surface area contributed by atoms with Crippen LogP contribution in [0.4, 0.5) is 0 Å². The molecule has 1 aromatic heterocycles. The molecule has 1 aromatic rings. The van der Waals surface area contributed by atoms with Gasteiger partial charge in [0.2, 0.25) is 0 Å². The van der Waals surface area contributed by atoms with Crippen LogP contribution in [-0.4, -0.2) is 9.78 Å². The van der Waals surface area contributed by atoms with Gasteiger partial charge in [-0.3, -0.25) is 4.68 Å². The number of hydrogen-bond acceptors (Lipinski definition) is 1. The molecule has 0 fully saturated rings. The van der Waals surface area contributed by atoms with Gasteiger partial charge in [-0.25, -0.2) is 0 Å². The molecule has 0 saturated carbocycles. The molecule has 0 aliphatic heterocycles. The van der Waals surface area contributed by atoms with E-state index in [9.17, 15) is 0 Å². The zero-order valence-electron chi connectivity index (χ0n) is 8.38. The summed E-state index contributed by atoms with van der Waals surface area (Å²) in [6.07, 6.45) is 7.88. The Morgan fingerprint density at radius 2 is 2.31 bits per heavy atom. The van der Waals surface area contributed by atoms with Crippen LogP contribution in [0.25, 0.3) is 6.08 Å². The fourth-order valence-corrected chi connectivity index (χ4v) is 1.79. The van der Waals surface area contributed by atoms with E-state index in [1.807, 2.05) is 0 Å². The number of fused-ring (bicyclic) bond motifs is 1. The van der Waals surface area contributed by atoms with Crippen LogP contribution in [0.1, 0.15) is 37.9 Å². The monoisotopic (exact) mass is 176 g/mol. The van der Waals surface area contributed by atoms with Crippen molar-refractivity contribution in [2.75, 3.05) is 0 Å². The van der Waals surface area contributed by atoms with Gasteiger partial charge in [-0.05, 0) is 26.2 Å². The Kier molecular flexibility index (Phi) is 2.21. The lowest BCUT2D eigenvalue weighted by molar-refractivity contribution is 0.593. The van der Waals surface area contributed by atoms with E-state index in [4.69, 9.17) is 0 Å². The maximum atomic E-state index is 4.55. The van der Waals surface area contributed by atoms with Crippen molar-refractivity contribution in [3.05, 3.63) is 23.0 Å². The number of allylic oxidation sites excluding steroid dienone is 1. The third kappa shape index (κ3) is 1.67. The van der Waals surface area contributed by atoms with Crippen molar-refractivity contribution in [3.63, 3.8) is 0 Å². The zero-order chi connectivity index (χ0) is 9.26. The van der Waals surface area contributed by atoms with Gasteiger partial charge < -0.3 is 0 Å². The van der Waals surface area contributed by atoms with E-state index in [1.54, 1.807) is 0 Å². The molecule has 0 unspecified atom stereocenters. The van der Waals surface area contributed by atoms with Crippen molar-refractivity contribution < 1.29 is 0 Å². The first-order chi connectivity index (χ1) is 6.29. The van der Waals surface area contributed by atoms with Gasteiger partial charge in [0, 0.05) is 18.3 Å². The lowest BCUT2D eigenvalue weighted by Gasteiger charge is -2.06. The molecule has 0 spiro atoms. The Morgan fingerprint density at radius 3 is 3.08 bits per heavy atom. The number of hydrogen-bond donors (Lipinski definition) is 0. The third-order valence-corrected chi connectivity index (χ3v) is 2.48. The van der Waals surface area contributed by atoms with Crippen molar-refractivity contribution >= 4 is 6.08 Å². The highest BCUT2D eigenvalue weighted by Gasteiger charge is 2.11. The van der Waals surface area contributed by atoms with E-state index in [0.29, 0.717) is 0 Å². The van der Waals surface area contributed by atoms with E-state index in [0.717, 1.165) is 19.4 Å². The molecule has 0 radical (unpaired) electrons. The summed E-state index contributed by atoms with van der Waals surface area (Å²) in [5.41, 5.74) is 4.08. The van der Waals surface area contributed by atoms with Crippen molar-refractivity contribution in [2.45, 2.75) is 39.7 Å². The maximum absolute atomic E-state index is 4.55. The largest absolute Gasteiger partial charge is 0.272 e. The summed E-state index contributed by atoms with van der Waals surface area (Å²) < 4.78 is 2.07. The number of rotatable bonds is 2. The molecule has 1 aliphatic rings. The minimum Gasteiger partial charge on any atom is -0.272 e. The SMILES string of the molecule is CCCn1cc2c(n1)CCC(C)=C2. The summed E-state index contributed by atoms with van der Waals surface area (Å²) in [7, 11) is 0. The molecular weight excluding hydrogens is 160 g/mol. The van der Waals surface area contributed by atoms with Gasteiger partial charge in [0.25, 0.3) is 0 Å². The highest BCUT2D eigenvalue weighted by Crippen LogP contribution is 2.22. The van der Waals surface area contributed by atoms with Crippen LogP contribution in [0.2, 0.25) is 0 Å². The van der Waals surface area contributed by atoms with Gasteiger partial charge in [-0.1, -0.05) is 18.6 Å². The molecule has 70 valence electrons. The van der Waals surface area contributed by atoms with Gasteiger partial charge in [0.15, 0.2) is 0 Å². The Morgan fingerprint density at radius 1 is 1.46 bits per heavy atom. The van der Waals surface area contributed by atoms with E-state index in [2.05, 4.69) is 35.9 Å². The van der Waals surface area contributed by atoms with E-state index in [-0.39, 0.29) is 0 Å². The molecule has 0 saturated heterocycles. The van der Waals surface area contributed by atoms with Gasteiger partial charge in [-0.2, -0.15) is 5.10 Å². The fourth-order valence-electron chi connectivity index (χ4n) is 1.79. The minimum absolute atomic E-state index is 1.04. The van der Waals surface area contributed by atoms with Crippen LogP contribution in [0, 0.1) is 0 Å². The molecule has 2 heteroatoms. The lowest BCUT2D eigenvalue weighted by Crippen LogP contribution is -1.99. The third-order valence-electron chi connectivity index (χ3n) is 2.48. The maximum Gasteiger partial charge on any atom is 0.0700 e. The molecule has 0 atom stereocenters. The van der Waals surface area contributed by atoms with E-state index >= 15 is 0 Å². The number of nitrogens with zero attached hydrogens (tertiary/aromatic N) is 2. The topological polar surface area (TPSA) is 17.8 Å². The van der Waals surface area contributed by atoms with Crippen LogP contribution >= 0.6 is 0 Å². The summed E-state index contributed by atoms with van der Waals surface area (Å²) >= 11 is 0. The molecule has 0 bridgehead atoms. The van der Waals surface area contributed by atoms with Crippen LogP contribution < -0.4 is 0 Å². The van der Waals surface area contributed by atoms with Crippen molar-refractivity contribution in [3.8, 4) is 0 Å². The molecule has 0 amide bonds. The summed E-state index contributed by atoms with van der Waals surface area (Å²) in [5.74, 6) is 0. The van der Waals surface area contributed by atoms with Crippen molar-refractivity contribution in [1.29, 1.82) is 0 Å². The van der Waals surface area contributed by atoms with Crippen molar-refractivity contribution in [1.82, 2.24) is 9.78 Å². The molecule has 1 heterocycles. The standard InChI is InChI=1S/C11H16N2/c1-3-6-13-8-10-7-9(2)4-5-11(10)12-13/h7-8H,3-6H2,1-2H3. The highest BCUT2D eigenvalue weighted by molar-refractivity contribution is 5.56. The second-order valence-corrected chi connectivity index (χ2v) is 3.78. The Hall–Kier alpha value is -1.05. The molecule has 2 nitrogen and oxygen atoms in total. The normalized spacial score (nSPS) is 15.4. The molecular formula is C11H16N2. The minimum atomic E-state index is 1.04. The van der Waals surface area contributed by atoms with Gasteiger partial charge in [-0.15, -0.1) is 0 Å². The Balaban J connectivity index is 2.29. The zero-order valence-corrected chi connectivity index (χ0v) is 8.38. The van der Waals surface area contributed by atoms with E-state index < -0.39 is 0 Å². The summed E-state index contributed by atoms with van der Waals surface area (Å²) in [6, 6.07) is 0. The molecule has 0 aromatic carbocycles. The first kappa shape index (κ1) is 8.54. The molecule has 2 rings (SSSR count). The van der Waals surface area contributed by atoms with Crippen LogP contribution in [0.5, 0.6) is 0 Å². The second-order valence-electron chi connectivity index (χ2n) is 3.78. The lowest BCUT2D eigenvalue weighted by atomic mass is 9.99. The second kappa shape index (κ2) is 3.36. The van der Waals surface area contributed by atoms with E-state index in [1.165, 1.54) is 23.3 Å². The quantitative estimate of drug-likeness (QED) is 0.677. The van der Waals surface area contributed by atoms with Crippen LogP contribution in [0.15, 0.2) is 11.8 Å². The van der Waals surface area contributed by atoms with Gasteiger partial charge >= 0.3 is 0 Å². The highest BCUT2D eigenvalue weighted by atomic mass is 15.3. The molecule has 0 N–H and O–H groups in total. The van der Waals surface area contributed by atoms with Crippen LogP contribution in [-0.2, 0) is 13.0 Å². The fraction of sp³-hybridized carbons (Fsp3) is 0.545. The number of aryl methyl sites for hydroxylation is 2. The first-order valence-electron chi connectivity index (χ1n) is 5.03. The smallest absolute Gasteiger partial charge is 0.0700 e. The Labute approximate surface area is 79.3 Å². The predicted octanol–water partition coefficient (Wildman–Crippen LogP) is 2.64.